The Bertz CT molecular complexity index is 1060. The van der Waals surface area contributed by atoms with Gasteiger partial charge in [0, 0.05) is 17.8 Å². The molecule has 1 atom stereocenters. The largest absolute Gasteiger partial charge is 0.304 e. The molecular weight excluding hydrogens is 333 g/mol. The van der Waals surface area contributed by atoms with Crippen molar-refractivity contribution in [3.63, 3.8) is 0 Å². The highest BCUT2D eigenvalue weighted by atomic mass is 19.1. The van der Waals surface area contributed by atoms with Crippen molar-refractivity contribution < 1.29 is 9.18 Å². The zero-order valence-electron chi connectivity index (χ0n) is 14.1. The van der Waals surface area contributed by atoms with Crippen LogP contribution >= 0.6 is 0 Å². The van der Waals surface area contributed by atoms with Crippen LogP contribution in [0.25, 0.3) is 5.69 Å². The van der Waals surface area contributed by atoms with Crippen molar-refractivity contribution in [2.75, 3.05) is 4.90 Å². The average molecular weight is 349 g/mol. The number of hydrogen-bond acceptors (Lipinski definition) is 3. The number of para-hydroxylation sites is 2. The van der Waals surface area contributed by atoms with Gasteiger partial charge in [0.05, 0.1) is 0 Å². The first-order chi connectivity index (χ1) is 12.6. The lowest BCUT2D eigenvalue weighted by Crippen LogP contribution is -2.37. The Hall–Kier alpha value is -3.28. The second-order valence-corrected chi connectivity index (χ2v) is 6.28. The molecular formula is C20H16FN3O2. The van der Waals surface area contributed by atoms with Crippen molar-refractivity contribution in [3.8, 4) is 5.69 Å². The smallest absolute Gasteiger partial charge is 0.278 e. The maximum atomic E-state index is 14.1. The molecule has 2 aromatic carbocycles. The molecule has 4 rings (SSSR count). The second kappa shape index (κ2) is 6.22. The predicted molar refractivity (Wildman–Crippen MR) is 96.2 cm³/mol. The van der Waals surface area contributed by atoms with Crippen molar-refractivity contribution >= 4 is 11.6 Å². The number of amides is 1. The van der Waals surface area contributed by atoms with E-state index in [0.29, 0.717) is 0 Å². The topological polar surface area (TPSA) is 55.2 Å². The minimum atomic E-state index is -0.577. The number of carbonyl (C=O) groups is 1. The number of halogens is 1. The summed E-state index contributed by atoms with van der Waals surface area (Å²) in [5.74, 6) is -0.890. The van der Waals surface area contributed by atoms with Gasteiger partial charge in [-0.1, -0.05) is 30.3 Å². The predicted octanol–water partition coefficient (Wildman–Crippen LogP) is 2.96. The summed E-state index contributed by atoms with van der Waals surface area (Å²) in [6.07, 6.45) is 0.759. The van der Waals surface area contributed by atoms with Crippen LogP contribution in [0.4, 0.5) is 10.1 Å². The van der Waals surface area contributed by atoms with Gasteiger partial charge in [0.1, 0.15) is 17.2 Å². The molecule has 0 saturated heterocycles. The summed E-state index contributed by atoms with van der Waals surface area (Å²) >= 11 is 0. The van der Waals surface area contributed by atoms with E-state index in [1.165, 1.54) is 30.3 Å². The molecule has 2 heterocycles. The summed E-state index contributed by atoms with van der Waals surface area (Å²) in [6, 6.07) is 16.1. The van der Waals surface area contributed by atoms with Crippen molar-refractivity contribution in [2.24, 2.45) is 0 Å². The summed E-state index contributed by atoms with van der Waals surface area (Å²) in [7, 11) is 0. The fourth-order valence-corrected chi connectivity index (χ4v) is 3.32. The molecule has 0 saturated carbocycles. The van der Waals surface area contributed by atoms with Crippen LogP contribution in [-0.2, 0) is 6.42 Å². The van der Waals surface area contributed by atoms with E-state index in [9.17, 15) is 14.0 Å². The summed E-state index contributed by atoms with van der Waals surface area (Å²) in [4.78, 5) is 26.9. The van der Waals surface area contributed by atoms with Crippen LogP contribution in [0.5, 0.6) is 0 Å². The Balaban J connectivity index is 1.78. The van der Waals surface area contributed by atoms with E-state index >= 15 is 0 Å². The first-order valence-electron chi connectivity index (χ1n) is 8.33. The van der Waals surface area contributed by atoms with Crippen LogP contribution in [0.2, 0.25) is 0 Å². The first-order valence-corrected chi connectivity index (χ1v) is 8.33. The Morgan fingerprint density at radius 1 is 1.04 bits per heavy atom. The lowest BCUT2D eigenvalue weighted by Gasteiger charge is -2.22. The fourth-order valence-electron chi connectivity index (χ4n) is 3.32. The van der Waals surface area contributed by atoms with Gasteiger partial charge in [-0.3, -0.25) is 9.59 Å². The van der Waals surface area contributed by atoms with E-state index < -0.39 is 11.4 Å². The van der Waals surface area contributed by atoms with Crippen molar-refractivity contribution in [3.05, 3.63) is 88.1 Å². The van der Waals surface area contributed by atoms with Crippen molar-refractivity contribution in [1.29, 1.82) is 0 Å². The van der Waals surface area contributed by atoms with Gasteiger partial charge in [-0.25, -0.2) is 4.39 Å². The summed E-state index contributed by atoms with van der Waals surface area (Å²) in [5, 5.41) is 4.13. The van der Waals surface area contributed by atoms with E-state index in [1.807, 2.05) is 31.2 Å². The first kappa shape index (κ1) is 16.2. The Kier molecular flexibility index (Phi) is 3.88. The molecule has 6 heteroatoms. The number of fused-ring (bicyclic) bond motifs is 1. The number of anilines is 1. The third-order valence-corrected chi connectivity index (χ3v) is 4.53. The van der Waals surface area contributed by atoms with Gasteiger partial charge in [0.15, 0.2) is 0 Å². The number of carbonyl (C=O) groups excluding carboxylic acids is 1. The fraction of sp³-hybridized carbons (Fsp3) is 0.150. The molecule has 0 unspecified atom stereocenters. The van der Waals surface area contributed by atoms with Gasteiger partial charge in [-0.15, -0.1) is 0 Å². The van der Waals surface area contributed by atoms with Crippen LogP contribution < -0.4 is 10.5 Å². The van der Waals surface area contributed by atoms with Gasteiger partial charge in [0.25, 0.3) is 11.5 Å². The molecule has 1 aliphatic heterocycles. The third kappa shape index (κ3) is 2.60. The van der Waals surface area contributed by atoms with Gasteiger partial charge in [-0.05, 0) is 43.2 Å². The summed E-state index contributed by atoms with van der Waals surface area (Å²) in [6.45, 7) is 1.96. The zero-order valence-corrected chi connectivity index (χ0v) is 14.1. The molecule has 130 valence electrons. The third-order valence-electron chi connectivity index (χ3n) is 4.53. The normalized spacial score (nSPS) is 15.8. The highest BCUT2D eigenvalue weighted by molar-refractivity contribution is 6.06. The quantitative estimate of drug-likeness (QED) is 0.715. The number of benzene rings is 2. The number of hydrogen-bond donors (Lipinski definition) is 0. The minimum absolute atomic E-state index is 0.0158. The Morgan fingerprint density at radius 2 is 1.73 bits per heavy atom. The molecule has 3 aromatic rings. The number of aromatic nitrogens is 2. The van der Waals surface area contributed by atoms with Gasteiger partial charge in [0.2, 0.25) is 0 Å². The Labute approximate surface area is 149 Å². The van der Waals surface area contributed by atoms with E-state index in [-0.39, 0.29) is 23.3 Å². The van der Waals surface area contributed by atoms with Crippen molar-refractivity contribution in [1.82, 2.24) is 9.78 Å². The molecule has 0 radical (unpaired) electrons. The standard InChI is InChI=1S/C20H16FN3O2/c1-13-12-14-6-2-4-8-17(14)23(13)20(26)16-10-11-19(25)24(22-16)18-9-5-3-7-15(18)21/h2-11,13H,12H2,1H3/t13-/m0/s1. The minimum Gasteiger partial charge on any atom is -0.304 e. The van der Waals surface area contributed by atoms with E-state index in [1.54, 1.807) is 11.0 Å². The molecule has 5 nitrogen and oxygen atoms in total. The summed E-state index contributed by atoms with van der Waals surface area (Å²) in [5.41, 5.74) is 1.55. The van der Waals surface area contributed by atoms with E-state index in [0.717, 1.165) is 22.4 Å². The maximum absolute atomic E-state index is 14.1. The van der Waals surface area contributed by atoms with E-state index in [2.05, 4.69) is 5.10 Å². The highest BCUT2D eigenvalue weighted by Crippen LogP contribution is 2.32. The van der Waals surface area contributed by atoms with Crippen molar-refractivity contribution in [2.45, 2.75) is 19.4 Å². The molecule has 1 aromatic heterocycles. The second-order valence-electron chi connectivity index (χ2n) is 6.28. The Morgan fingerprint density at radius 3 is 2.50 bits per heavy atom. The van der Waals surface area contributed by atoms with Gasteiger partial charge < -0.3 is 4.90 Å². The molecule has 1 amide bonds. The van der Waals surface area contributed by atoms with Crippen LogP contribution in [0, 0.1) is 5.82 Å². The monoisotopic (exact) mass is 349 g/mol. The van der Waals surface area contributed by atoms with E-state index in [4.69, 9.17) is 0 Å². The molecule has 1 aliphatic rings. The van der Waals surface area contributed by atoms with Crippen LogP contribution in [0.3, 0.4) is 0 Å². The lowest BCUT2D eigenvalue weighted by molar-refractivity contribution is 0.0975. The average Bonchev–Trinajstić information content (AvgIpc) is 2.98. The van der Waals surface area contributed by atoms with Crippen LogP contribution in [-0.4, -0.2) is 21.7 Å². The molecule has 0 spiro atoms. The molecule has 26 heavy (non-hydrogen) atoms. The zero-order chi connectivity index (χ0) is 18.3. The number of rotatable bonds is 2. The van der Waals surface area contributed by atoms with Gasteiger partial charge in [-0.2, -0.15) is 9.78 Å². The van der Waals surface area contributed by atoms with Crippen LogP contribution in [0.1, 0.15) is 23.0 Å². The summed E-state index contributed by atoms with van der Waals surface area (Å²) < 4.78 is 15.0. The maximum Gasteiger partial charge on any atom is 0.278 e. The molecule has 0 fully saturated rings. The molecule has 0 N–H and O–H groups in total. The molecule has 0 bridgehead atoms. The molecule has 0 aliphatic carbocycles. The number of nitrogens with zero attached hydrogens (tertiary/aromatic N) is 3. The van der Waals surface area contributed by atoms with Gasteiger partial charge >= 0.3 is 0 Å². The highest BCUT2D eigenvalue weighted by Gasteiger charge is 2.32. The SMILES string of the molecule is C[C@H]1Cc2ccccc2N1C(=O)c1ccc(=O)n(-c2ccccc2F)n1. The van der Waals surface area contributed by atoms with Crippen LogP contribution in [0.15, 0.2) is 65.5 Å². The lowest BCUT2D eigenvalue weighted by atomic mass is 10.1.